The molecule has 7 nitrogen and oxygen atoms in total. The minimum atomic E-state index is -3.61. The third kappa shape index (κ3) is 4.44. The van der Waals surface area contributed by atoms with Crippen LogP contribution in [-0.4, -0.2) is 66.9 Å². The van der Waals surface area contributed by atoms with Crippen molar-refractivity contribution in [2.24, 2.45) is 5.41 Å². The highest BCUT2D eigenvalue weighted by Crippen LogP contribution is 2.33. The number of sulfonamides is 1. The molecule has 1 saturated heterocycles. The van der Waals surface area contributed by atoms with E-state index in [9.17, 15) is 8.42 Å². The maximum Gasteiger partial charge on any atom is 0.240 e. The van der Waals surface area contributed by atoms with Gasteiger partial charge >= 0.3 is 0 Å². The summed E-state index contributed by atoms with van der Waals surface area (Å²) < 4.78 is 44.7. The first-order chi connectivity index (χ1) is 11.9. The Kier molecular flexibility index (Phi) is 5.52. The molecule has 1 aromatic carbocycles. The van der Waals surface area contributed by atoms with Crippen molar-refractivity contribution in [2.45, 2.75) is 17.7 Å². The third-order valence-corrected chi connectivity index (χ3v) is 6.07. The molecular formula is C17H26N2O5S. The molecule has 2 heterocycles. The standard InChI is InChI=1S/C17H26N2O5S/c1-19(2)13-17(5-7-22-8-6-17)12-18-25(20,21)14-3-4-15-16(11-14)24-10-9-23-15/h3-4,11,18H,5-10,12-13H2,1-2H3. The number of fused-ring (bicyclic) bond motifs is 1. The highest BCUT2D eigenvalue weighted by Gasteiger charge is 2.34. The Bertz CT molecular complexity index is 699. The van der Waals surface area contributed by atoms with Gasteiger partial charge in [-0.3, -0.25) is 0 Å². The van der Waals surface area contributed by atoms with E-state index in [2.05, 4.69) is 9.62 Å². The highest BCUT2D eigenvalue weighted by molar-refractivity contribution is 7.89. The van der Waals surface area contributed by atoms with Crippen LogP contribution in [-0.2, 0) is 14.8 Å². The normalized spacial score (nSPS) is 19.8. The van der Waals surface area contributed by atoms with Crippen molar-refractivity contribution in [1.29, 1.82) is 0 Å². The van der Waals surface area contributed by atoms with Gasteiger partial charge in [-0.15, -0.1) is 0 Å². The van der Waals surface area contributed by atoms with E-state index >= 15 is 0 Å². The van der Waals surface area contributed by atoms with E-state index in [0.717, 1.165) is 19.4 Å². The van der Waals surface area contributed by atoms with Crippen LogP contribution < -0.4 is 14.2 Å². The zero-order chi connectivity index (χ0) is 17.9. The van der Waals surface area contributed by atoms with Crippen LogP contribution in [0, 0.1) is 5.41 Å². The smallest absolute Gasteiger partial charge is 0.240 e. The lowest BCUT2D eigenvalue weighted by molar-refractivity contribution is 0.00513. The summed E-state index contributed by atoms with van der Waals surface area (Å²) in [5.74, 6) is 1.06. The zero-order valence-corrected chi connectivity index (χ0v) is 15.6. The van der Waals surface area contributed by atoms with Gasteiger partial charge in [0.1, 0.15) is 13.2 Å². The molecule has 25 heavy (non-hydrogen) atoms. The van der Waals surface area contributed by atoms with Gasteiger partial charge in [0.15, 0.2) is 11.5 Å². The number of nitrogens with one attached hydrogen (secondary N) is 1. The summed E-state index contributed by atoms with van der Waals surface area (Å²) in [5.41, 5.74) is -0.108. The minimum absolute atomic E-state index is 0.108. The Labute approximate surface area is 149 Å². The fraction of sp³-hybridized carbons (Fsp3) is 0.647. The lowest BCUT2D eigenvalue weighted by atomic mass is 9.80. The van der Waals surface area contributed by atoms with Crippen LogP contribution in [0.4, 0.5) is 0 Å². The van der Waals surface area contributed by atoms with Gasteiger partial charge in [-0.25, -0.2) is 13.1 Å². The van der Waals surface area contributed by atoms with Gasteiger partial charge in [0, 0.05) is 37.8 Å². The quantitative estimate of drug-likeness (QED) is 0.808. The molecule has 140 valence electrons. The molecule has 0 unspecified atom stereocenters. The molecule has 0 spiro atoms. The second-order valence-electron chi connectivity index (χ2n) is 6.98. The number of nitrogens with zero attached hydrogens (tertiary/aromatic N) is 1. The number of ether oxygens (including phenoxy) is 3. The molecule has 1 N–H and O–H groups in total. The largest absolute Gasteiger partial charge is 0.486 e. The van der Waals surface area contributed by atoms with Gasteiger partial charge in [0.05, 0.1) is 4.90 Å². The molecule has 0 bridgehead atoms. The van der Waals surface area contributed by atoms with Gasteiger partial charge in [-0.1, -0.05) is 0 Å². The molecule has 2 aliphatic heterocycles. The Morgan fingerprint density at radius 1 is 1.08 bits per heavy atom. The molecule has 3 rings (SSSR count). The number of benzene rings is 1. The Hall–Kier alpha value is -1.35. The summed E-state index contributed by atoms with van der Waals surface area (Å²) >= 11 is 0. The van der Waals surface area contributed by atoms with E-state index in [1.807, 2.05) is 14.1 Å². The van der Waals surface area contributed by atoms with Crippen molar-refractivity contribution < 1.29 is 22.6 Å². The van der Waals surface area contributed by atoms with Crippen LogP contribution in [0.15, 0.2) is 23.1 Å². The molecule has 0 amide bonds. The van der Waals surface area contributed by atoms with Crippen LogP contribution in [0.1, 0.15) is 12.8 Å². The first-order valence-corrected chi connectivity index (χ1v) is 10.0. The maximum absolute atomic E-state index is 12.7. The summed E-state index contributed by atoms with van der Waals surface area (Å²) in [5, 5.41) is 0. The lowest BCUT2D eigenvalue weighted by Gasteiger charge is -2.39. The predicted molar refractivity (Wildman–Crippen MR) is 93.7 cm³/mol. The van der Waals surface area contributed by atoms with Gasteiger partial charge < -0.3 is 19.1 Å². The fourth-order valence-electron chi connectivity index (χ4n) is 3.39. The van der Waals surface area contributed by atoms with Crippen molar-refractivity contribution in [1.82, 2.24) is 9.62 Å². The summed E-state index contributed by atoms with van der Waals surface area (Å²) in [6.45, 7) is 3.45. The van der Waals surface area contributed by atoms with E-state index in [4.69, 9.17) is 14.2 Å². The molecule has 0 radical (unpaired) electrons. The molecule has 0 saturated carbocycles. The summed E-state index contributed by atoms with van der Waals surface area (Å²) in [6, 6.07) is 4.73. The number of hydrogen-bond donors (Lipinski definition) is 1. The van der Waals surface area contributed by atoms with Crippen molar-refractivity contribution >= 4 is 10.0 Å². The predicted octanol–water partition coefficient (Wildman–Crippen LogP) is 1.09. The van der Waals surface area contributed by atoms with Crippen molar-refractivity contribution in [3.05, 3.63) is 18.2 Å². The van der Waals surface area contributed by atoms with Gasteiger partial charge in [0.2, 0.25) is 10.0 Å². The van der Waals surface area contributed by atoms with Gasteiger partial charge in [-0.2, -0.15) is 0 Å². The SMILES string of the molecule is CN(C)CC1(CNS(=O)(=O)c2ccc3c(c2)OCCO3)CCOCC1. The number of hydrogen-bond acceptors (Lipinski definition) is 6. The summed E-state index contributed by atoms with van der Waals surface area (Å²) in [6.07, 6.45) is 1.68. The Morgan fingerprint density at radius 2 is 1.76 bits per heavy atom. The van der Waals surface area contributed by atoms with E-state index in [1.165, 1.54) is 6.07 Å². The molecule has 0 aliphatic carbocycles. The van der Waals surface area contributed by atoms with E-state index < -0.39 is 10.0 Å². The zero-order valence-electron chi connectivity index (χ0n) is 14.8. The second kappa shape index (κ2) is 7.49. The van der Waals surface area contributed by atoms with Crippen LogP contribution >= 0.6 is 0 Å². The van der Waals surface area contributed by atoms with Crippen LogP contribution in [0.2, 0.25) is 0 Å². The lowest BCUT2D eigenvalue weighted by Crippen LogP contribution is -2.47. The Morgan fingerprint density at radius 3 is 2.44 bits per heavy atom. The van der Waals surface area contributed by atoms with Gasteiger partial charge in [-0.05, 0) is 39.1 Å². The summed E-state index contributed by atoms with van der Waals surface area (Å²) in [4.78, 5) is 2.30. The average Bonchev–Trinajstić information content (AvgIpc) is 2.60. The van der Waals surface area contributed by atoms with Crippen LogP contribution in [0.25, 0.3) is 0 Å². The first-order valence-electron chi connectivity index (χ1n) is 8.52. The van der Waals surface area contributed by atoms with E-state index in [0.29, 0.717) is 44.5 Å². The molecular weight excluding hydrogens is 344 g/mol. The average molecular weight is 370 g/mol. The van der Waals surface area contributed by atoms with Crippen LogP contribution in [0.5, 0.6) is 11.5 Å². The number of rotatable bonds is 6. The molecule has 2 aliphatic rings. The maximum atomic E-state index is 12.7. The van der Waals surface area contributed by atoms with E-state index in [-0.39, 0.29) is 10.3 Å². The van der Waals surface area contributed by atoms with Crippen molar-refractivity contribution in [2.75, 3.05) is 53.6 Å². The van der Waals surface area contributed by atoms with Gasteiger partial charge in [0.25, 0.3) is 0 Å². The molecule has 0 aromatic heterocycles. The third-order valence-electron chi connectivity index (χ3n) is 4.67. The summed E-state index contributed by atoms with van der Waals surface area (Å²) in [7, 11) is 0.401. The first kappa shape index (κ1) is 18.4. The Balaban J connectivity index is 1.74. The fourth-order valence-corrected chi connectivity index (χ4v) is 4.56. The molecule has 8 heteroatoms. The highest BCUT2D eigenvalue weighted by atomic mass is 32.2. The van der Waals surface area contributed by atoms with Crippen LogP contribution in [0.3, 0.4) is 0 Å². The minimum Gasteiger partial charge on any atom is -0.486 e. The van der Waals surface area contributed by atoms with Crippen molar-refractivity contribution in [3.8, 4) is 11.5 Å². The molecule has 1 fully saturated rings. The molecule has 1 aromatic rings. The topological polar surface area (TPSA) is 77.1 Å². The monoisotopic (exact) mass is 370 g/mol. The van der Waals surface area contributed by atoms with E-state index in [1.54, 1.807) is 12.1 Å². The molecule has 0 atom stereocenters. The van der Waals surface area contributed by atoms with Crippen molar-refractivity contribution in [3.63, 3.8) is 0 Å². The second-order valence-corrected chi connectivity index (χ2v) is 8.75.